The van der Waals surface area contributed by atoms with Gasteiger partial charge >= 0.3 is 0 Å². The first kappa shape index (κ1) is 21.3. The number of pyridine rings is 1. The minimum Gasteiger partial charge on any atom is -0.352 e. The molecule has 168 valence electrons. The highest BCUT2D eigenvalue weighted by atomic mass is 32.1. The fraction of sp³-hybridized carbons (Fsp3) is 0.520. The first-order chi connectivity index (χ1) is 15.6. The van der Waals surface area contributed by atoms with Crippen molar-refractivity contribution in [1.29, 1.82) is 0 Å². The minimum absolute atomic E-state index is 0.0183. The molecular weight excluding hydrogens is 422 g/mol. The van der Waals surface area contributed by atoms with Crippen LogP contribution in [0.5, 0.6) is 0 Å². The monoisotopic (exact) mass is 451 g/mol. The van der Waals surface area contributed by atoms with Crippen molar-refractivity contribution in [2.24, 2.45) is 17.8 Å². The molecule has 3 aliphatic carbocycles. The maximum absolute atomic E-state index is 13.1. The summed E-state index contributed by atoms with van der Waals surface area (Å²) in [5.41, 5.74) is 2.69. The van der Waals surface area contributed by atoms with Gasteiger partial charge in [-0.25, -0.2) is 0 Å². The molecule has 0 spiro atoms. The predicted molar refractivity (Wildman–Crippen MR) is 124 cm³/mol. The second-order valence-electron chi connectivity index (χ2n) is 9.39. The summed E-state index contributed by atoms with van der Waals surface area (Å²) in [5.74, 6) is 0.766. The number of Topliss-reactive ketones (excluding diaryl/α,β-unsaturated/α-hetero) is 1. The highest BCUT2D eigenvalue weighted by Gasteiger charge is 2.35. The van der Waals surface area contributed by atoms with E-state index in [-0.39, 0.29) is 29.4 Å². The molecule has 2 N–H and O–H groups in total. The van der Waals surface area contributed by atoms with Crippen molar-refractivity contribution in [2.45, 2.75) is 57.8 Å². The van der Waals surface area contributed by atoms with Crippen molar-refractivity contribution in [3.05, 3.63) is 46.1 Å². The van der Waals surface area contributed by atoms with E-state index in [0.29, 0.717) is 42.3 Å². The van der Waals surface area contributed by atoms with Crippen molar-refractivity contribution in [2.75, 3.05) is 11.9 Å². The first-order valence-corrected chi connectivity index (χ1v) is 12.6. The number of ketones is 1. The number of amides is 2. The molecule has 7 heteroatoms. The third-order valence-electron chi connectivity index (χ3n) is 6.79. The maximum atomic E-state index is 13.1. The number of hydrogen-bond acceptors (Lipinski definition) is 5. The molecule has 1 unspecified atom stereocenters. The van der Waals surface area contributed by atoms with E-state index in [2.05, 4.69) is 15.6 Å². The summed E-state index contributed by atoms with van der Waals surface area (Å²) in [6.45, 7) is 0.688. The van der Waals surface area contributed by atoms with Gasteiger partial charge in [0.05, 0.1) is 5.56 Å². The third-order valence-corrected chi connectivity index (χ3v) is 7.99. The normalized spacial score (nSPS) is 19.8. The van der Waals surface area contributed by atoms with Crippen molar-refractivity contribution < 1.29 is 14.4 Å². The topological polar surface area (TPSA) is 88.2 Å². The zero-order valence-corrected chi connectivity index (χ0v) is 19.0. The van der Waals surface area contributed by atoms with Gasteiger partial charge in [-0.2, -0.15) is 0 Å². The highest BCUT2D eigenvalue weighted by Crippen LogP contribution is 2.41. The zero-order chi connectivity index (χ0) is 22.1. The van der Waals surface area contributed by atoms with Crippen LogP contribution in [-0.4, -0.2) is 29.1 Å². The molecule has 0 radical (unpaired) electrons. The van der Waals surface area contributed by atoms with Crippen LogP contribution in [0.15, 0.2) is 24.5 Å². The Kier molecular flexibility index (Phi) is 6.09. The lowest BCUT2D eigenvalue weighted by Gasteiger charge is -2.22. The number of fused-ring (bicyclic) bond motifs is 1. The van der Waals surface area contributed by atoms with Gasteiger partial charge in [0.15, 0.2) is 0 Å². The second kappa shape index (κ2) is 9.14. The SMILES string of the molecule is O=C(NCC1CC1)c1c(NC(=O)C2CC2)sc2c1CC(C(=O)CCc1ccncc1)CC2. The average Bonchev–Trinajstić information content (AvgIpc) is 3.73. The Balaban J connectivity index is 1.32. The fourth-order valence-electron chi connectivity index (χ4n) is 4.41. The molecule has 0 aromatic carbocycles. The molecule has 0 bridgehead atoms. The number of carbonyl (C=O) groups excluding carboxylic acids is 3. The Hall–Kier alpha value is -2.54. The summed E-state index contributed by atoms with van der Waals surface area (Å²) in [6.07, 6.45) is 11.1. The summed E-state index contributed by atoms with van der Waals surface area (Å²) in [4.78, 5) is 43.7. The third kappa shape index (κ3) is 4.93. The number of rotatable bonds is 9. The summed E-state index contributed by atoms with van der Waals surface area (Å²) >= 11 is 1.53. The van der Waals surface area contributed by atoms with E-state index in [4.69, 9.17) is 0 Å². The van der Waals surface area contributed by atoms with Crippen LogP contribution in [0.25, 0.3) is 0 Å². The quantitative estimate of drug-likeness (QED) is 0.605. The van der Waals surface area contributed by atoms with Crippen LogP contribution in [0.2, 0.25) is 0 Å². The molecular formula is C25H29N3O3S. The summed E-state index contributed by atoms with van der Waals surface area (Å²) in [6, 6.07) is 3.89. The van der Waals surface area contributed by atoms with Crippen molar-refractivity contribution in [3.63, 3.8) is 0 Å². The zero-order valence-electron chi connectivity index (χ0n) is 18.2. The Bertz CT molecular complexity index is 1020. The second-order valence-corrected chi connectivity index (χ2v) is 10.5. The van der Waals surface area contributed by atoms with Crippen LogP contribution >= 0.6 is 11.3 Å². The van der Waals surface area contributed by atoms with Crippen LogP contribution < -0.4 is 10.6 Å². The summed E-state index contributed by atoms with van der Waals surface area (Å²) < 4.78 is 0. The summed E-state index contributed by atoms with van der Waals surface area (Å²) in [5, 5.41) is 6.78. The molecule has 2 saturated carbocycles. The number of hydrogen-bond donors (Lipinski definition) is 2. The Morgan fingerprint density at radius 2 is 1.81 bits per heavy atom. The van der Waals surface area contributed by atoms with E-state index < -0.39 is 0 Å². The van der Waals surface area contributed by atoms with Crippen molar-refractivity contribution in [1.82, 2.24) is 10.3 Å². The predicted octanol–water partition coefficient (Wildman–Crippen LogP) is 3.94. The molecule has 0 saturated heterocycles. The molecule has 0 aliphatic heterocycles. The van der Waals surface area contributed by atoms with Gasteiger partial charge in [-0.15, -0.1) is 11.3 Å². The Morgan fingerprint density at radius 1 is 1.03 bits per heavy atom. The van der Waals surface area contributed by atoms with Gasteiger partial charge in [0.1, 0.15) is 10.8 Å². The molecule has 2 aromatic heterocycles. The van der Waals surface area contributed by atoms with Gasteiger partial charge in [-0.1, -0.05) is 0 Å². The molecule has 3 aliphatic rings. The number of nitrogens with zero attached hydrogens (tertiary/aromatic N) is 1. The van der Waals surface area contributed by atoms with E-state index in [1.165, 1.54) is 24.2 Å². The van der Waals surface area contributed by atoms with E-state index in [0.717, 1.165) is 41.7 Å². The van der Waals surface area contributed by atoms with Crippen LogP contribution in [0.4, 0.5) is 5.00 Å². The molecule has 2 aromatic rings. The minimum atomic E-state index is -0.106. The van der Waals surface area contributed by atoms with Crippen molar-refractivity contribution >= 4 is 33.9 Å². The van der Waals surface area contributed by atoms with Crippen LogP contribution in [0.1, 0.15) is 64.9 Å². The lowest BCUT2D eigenvalue weighted by atomic mass is 9.82. The highest BCUT2D eigenvalue weighted by molar-refractivity contribution is 7.17. The number of carbonyl (C=O) groups is 3. The van der Waals surface area contributed by atoms with Gasteiger partial charge in [0.2, 0.25) is 5.91 Å². The van der Waals surface area contributed by atoms with Gasteiger partial charge in [-0.3, -0.25) is 19.4 Å². The van der Waals surface area contributed by atoms with Crippen LogP contribution in [0, 0.1) is 17.8 Å². The fourth-order valence-corrected chi connectivity index (χ4v) is 5.66. The average molecular weight is 452 g/mol. The van der Waals surface area contributed by atoms with E-state index in [1.54, 1.807) is 12.4 Å². The molecule has 2 fully saturated rings. The van der Waals surface area contributed by atoms with Gasteiger partial charge in [0, 0.05) is 42.1 Å². The summed E-state index contributed by atoms with van der Waals surface area (Å²) in [7, 11) is 0. The standard InChI is InChI=1S/C25H29N3O3S/c29-20(7-3-15-9-11-26-12-10-15)18-6-8-21-19(13-18)22(24(31)27-14-16-1-2-16)25(32-21)28-23(30)17-4-5-17/h9-12,16-18H,1-8,13-14H2,(H,27,31)(H,28,30). The van der Waals surface area contributed by atoms with Gasteiger partial charge in [0.25, 0.3) is 5.91 Å². The van der Waals surface area contributed by atoms with Gasteiger partial charge < -0.3 is 10.6 Å². The van der Waals surface area contributed by atoms with Gasteiger partial charge in [-0.05, 0) is 80.5 Å². The van der Waals surface area contributed by atoms with E-state index in [1.807, 2.05) is 12.1 Å². The molecule has 2 amide bonds. The lowest BCUT2D eigenvalue weighted by molar-refractivity contribution is -0.123. The molecule has 2 heterocycles. The lowest BCUT2D eigenvalue weighted by Crippen LogP contribution is -2.29. The number of aromatic nitrogens is 1. The maximum Gasteiger partial charge on any atom is 0.254 e. The first-order valence-electron chi connectivity index (χ1n) is 11.7. The van der Waals surface area contributed by atoms with E-state index >= 15 is 0 Å². The smallest absolute Gasteiger partial charge is 0.254 e. The Labute approximate surface area is 192 Å². The molecule has 5 rings (SSSR count). The van der Waals surface area contributed by atoms with E-state index in [9.17, 15) is 14.4 Å². The number of nitrogens with one attached hydrogen (secondary N) is 2. The number of anilines is 1. The molecule has 32 heavy (non-hydrogen) atoms. The van der Waals surface area contributed by atoms with Crippen LogP contribution in [0.3, 0.4) is 0 Å². The largest absolute Gasteiger partial charge is 0.352 e. The molecule has 1 atom stereocenters. The number of thiophene rings is 1. The van der Waals surface area contributed by atoms with Crippen LogP contribution in [-0.2, 0) is 28.9 Å². The Morgan fingerprint density at radius 3 is 2.53 bits per heavy atom. The number of aryl methyl sites for hydroxylation is 2. The molecule has 6 nitrogen and oxygen atoms in total. The van der Waals surface area contributed by atoms with Crippen molar-refractivity contribution in [3.8, 4) is 0 Å².